The monoisotopic (exact) mass is 417 g/mol. The number of halogens is 1. The fourth-order valence-corrected chi connectivity index (χ4v) is 3.11. The van der Waals surface area contributed by atoms with Crippen LogP contribution >= 0.6 is 33.9 Å². The van der Waals surface area contributed by atoms with Gasteiger partial charge in [0, 0.05) is 17.7 Å². The molecule has 0 aliphatic heterocycles. The van der Waals surface area contributed by atoms with Crippen LogP contribution in [0, 0.1) is 13.7 Å². The summed E-state index contributed by atoms with van der Waals surface area (Å²) < 4.78 is 0.475. The second-order valence-electron chi connectivity index (χ2n) is 4.59. The molecule has 21 heavy (non-hydrogen) atoms. The third-order valence-corrected chi connectivity index (χ3v) is 4.80. The molecule has 0 atom stereocenters. The molecular weight excluding hydrogens is 405 g/mol. The van der Waals surface area contributed by atoms with Crippen molar-refractivity contribution < 1.29 is 9.72 Å². The zero-order valence-corrected chi connectivity index (χ0v) is 14.3. The van der Waals surface area contributed by atoms with Crippen LogP contribution in [0.2, 0.25) is 0 Å². The van der Waals surface area contributed by atoms with Crippen LogP contribution in [-0.2, 0) is 0 Å². The van der Waals surface area contributed by atoms with Crippen molar-refractivity contribution in [2.45, 2.75) is 19.8 Å². The van der Waals surface area contributed by atoms with Crippen molar-refractivity contribution in [3.8, 4) is 0 Å². The summed E-state index contributed by atoms with van der Waals surface area (Å²) >= 11 is 3.22. The Bertz CT molecular complexity index is 700. The van der Waals surface area contributed by atoms with E-state index in [0.29, 0.717) is 14.1 Å². The second kappa shape index (κ2) is 6.48. The molecular formula is C13H12IN3O3S. The Labute approximate surface area is 138 Å². The molecule has 0 unspecified atom stereocenters. The van der Waals surface area contributed by atoms with E-state index in [2.05, 4.69) is 10.3 Å². The van der Waals surface area contributed by atoms with Gasteiger partial charge in [0.25, 0.3) is 11.6 Å². The maximum atomic E-state index is 12.1. The number of nitro benzene ring substituents is 1. The number of amides is 1. The van der Waals surface area contributed by atoms with Crippen LogP contribution in [-0.4, -0.2) is 15.8 Å². The van der Waals surface area contributed by atoms with E-state index in [1.165, 1.54) is 23.5 Å². The number of rotatable bonds is 4. The Morgan fingerprint density at radius 1 is 1.48 bits per heavy atom. The van der Waals surface area contributed by atoms with E-state index in [1.54, 1.807) is 12.3 Å². The van der Waals surface area contributed by atoms with Crippen molar-refractivity contribution in [2.24, 2.45) is 0 Å². The number of anilines is 1. The molecule has 1 amide bonds. The van der Waals surface area contributed by atoms with Crippen LogP contribution in [0.1, 0.15) is 34.4 Å². The molecule has 1 aromatic carbocycles. The van der Waals surface area contributed by atoms with Crippen molar-refractivity contribution in [1.29, 1.82) is 0 Å². The number of aromatic nitrogens is 1. The van der Waals surface area contributed by atoms with E-state index in [9.17, 15) is 14.9 Å². The van der Waals surface area contributed by atoms with E-state index in [-0.39, 0.29) is 17.5 Å². The lowest BCUT2D eigenvalue weighted by Gasteiger charge is -2.04. The summed E-state index contributed by atoms with van der Waals surface area (Å²) in [6.45, 7) is 4.03. The van der Waals surface area contributed by atoms with Crippen LogP contribution in [0.25, 0.3) is 0 Å². The quantitative estimate of drug-likeness (QED) is 0.463. The number of carbonyl (C=O) groups excluding carboxylic acids is 1. The van der Waals surface area contributed by atoms with Crippen molar-refractivity contribution in [3.63, 3.8) is 0 Å². The minimum atomic E-state index is -0.453. The Morgan fingerprint density at radius 3 is 2.71 bits per heavy atom. The Kier molecular flexibility index (Phi) is 4.88. The van der Waals surface area contributed by atoms with Crippen LogP contribution in [0.3, 0.4) is 0 Å². The number of nitrogens with zero attached hydrogens (tertiary/aromatic N) is 2. The standard InChI is InChI=1S/C13H12IN3O3S/c1-7(2)13-15-6-11(21-13)12(18)16-8-3-4-10(17(19)20)9(14)5-8/h3-7H,1-2H3,(H,16,18). The first-order valence-corrected chi connectivity index (χ1v) is 7.99. The van der Waals surface area contributed by atoms with Gasteiger partial charge < -0.3 is 5.32 Å². The predicted octanol–water partition coefficient (Wildman–Crippen LogP) is 4.03. The van der Waals surface area contributed by atoms with Crippen LogP contribution in [0.15, 0.2) is 24.4 Å². The van der Waals surface area contributed by atoms with Gasteiger partial charge in [-0.25, -0.2) is 4.98 Å². The summed E-state index contributed by atoms with van der Waals surface area (Å²) in [6.07, 6.45) is 1.55. The van der Waals surface area contributed by atoms with Gasteiger partial charge in [0.2, 0.25) is 0 Å². The zero-order chi connectivity index (χ0) is 15.6. The van der Waals surface area contributed by atoms with Gasteiger partial charge in [-0.15, -0.1) is 11.3 Å². The third-order valence-electron chi connectivity index (χ3n) is 2.64. The number of nitro groups is 1. The number of hydrogen-bond acceptors (Lipinski definition) is 5. The maximum Gasteiger partial charge on any atom is 0.282 e. The number of thiazole rings is 1. The fraction of sp³-hybridized carbons (Fsp3) is 0.231. The largest absolute Gasteiger partial charge is 0.321 e. The van der Waals surface area contributed by atoms with Gasteiger partial charge in [0.1, 0.15) is 4.88 Å². The molecule has 0 saturated heterocycles. The van der Waals surface area contributed by atoms with Gasteiger partial charge in [-0.2, -0.15) is 0 Å². The van der Waals surface area contributed by atoms with Crippen molar-refractivity contribution in [2.75, 3.05) is 5.32 Å². The molecule has 0 aliphatic rings. The first kappa shape index (κ1) is 15.8. The van der Waals surface area contributed by atoms with Gasteiger partial charge in [-0.05, 0) is 34.7 Å². The molecule has 2 rings (SSSR count). The highest BCUT2D eigenvalue weighted by molar-refractivity contribution is 14.1. The lowest BCUT2D eigenvalue weighted by Crippen LogP contribution is -2.10. The van der Waals surface area contributed by atoms with Crippen LogP contribution in [0.5, 0.6) is 0 Å². The molecule has 110 valence electrons. The fourth-order valence-electron chi connectivity index (χ4n) is 1.58. The summed E-state index contributed by atoms with van der Waals surface area (Å²) in [6, 6.07) is 4.47. The smallest absolute Gasteiger partial charge is 0.282 e. The summed E-state index contributed by atoms with van der Waals surface area (Å²) in [5, 5.41) is 14.4. The molecule has 0 fully saturated rings. The molecule has 2 aromatic rings. The Hall–Kier alpha value is -1.55. The van der Waals surface area contributed by atoms with E-state index in [0.717, 1.165) is 5.01 Å². The van der Waals surface area contributed by atoms with Crippen molar-refractivity contribution >= 4 is 51.2 Å². The first-order chi connectivity index (χ1) is 9.88. The molecule has 0 saturated carbocycles. The molecule has 1 heterocycles. The Balaban J connectivity index is 2.15. The van der Waals surface area contributed by atoms with E-state index in [4.69, 9.17) is 0 Å². The summed E-state index contributed by atoms with van der Waals surface area (Å²) in [5.74, 6) is 0.0147. The minimum absolute atomic E-state index is 0.0217. The number of benzene rings is 1. The summed E-state index contributed by atoms with van der Waals surface area (Å²) in [5.41, 5.74) is 0.544. The van der Waals surface area contributed by atoms with Gasteiger partial charge in [-0.1, -0.05) is 13.8 Å². The van der Waals surface area contributed by atoms with Crippen LogP contribution in [0.4, 0.5) is 11.4 Å². The molecule has 0 radical (unpaired) electrons. The minimum Gasteiger partial charge on any atom is -0.321 e. The summed E-state index contributed by atoms with van der Waals surface area (Å²) in [4.78, 5) is 27.1. The summed E-state index contributed by atoms with van der Waals surface area (Å²) in [7, 11) is 0. The molecule has 0 bridgehead atoms. The van der Waals surface area contributed by atoms with Gasteiger partial charge >= 0.3 is 0 Å². The molecule has 1 aromatic heterocycles. The highest BCUT2D eigenvalue weighted by Gasteiger charge is 2.15. The predicted molar refractivity (Wildman–Crippen MR) is 90.0 cm³/mol. The van der Waals surface area contributed by atoms with Crippen molar-refractivity contribution in [1.82, 2.24) is 4.98 Å². The van der Waals surface area contributed by atoms with Gasteiger partial charge in [0.05, 0.1) is 19.7 Å². The maximum absolute atomic E-state index is 12.1. The first-order valence-electron chi connectivity index (χ1n) is 6.09. The number of nitrogens with one attached hydrogen (secondary N) is 1. The lowest BCUT2D eigenvalue weighted by molar-refractivity contribution is -0.385. The van der Waals surface area contributed by atoms with Gasteiger partial charge in [0.15, 0.2) is 0 Å². The average Bonchev–Trinajstić information content (AvgIpc) is 2.88. The lowest BCUT2D eigenvalue weighted by atomic mass is 10.2. The third kappa shape index (κ3) is 3.76. The van der Waals surface area contributed by atoms with Crippen molar-refractivity contribution in [3.05, 3.63) is 48.0 Å². The molecule has 1 N–H and O–H groups in total. The molecule has 8 heteroatoms. The van der Waals surface area contributed by atoms with E-state index in [1.807, 2.05) is 36.4 Å². The normalized spacial score (nSPS) is 10.7. The van der Waals surface area contributed by atoms with E-state index < -0.39 is 4.92 Å². The second-order valence-corrected chi connectivity index (χ2v) is 6.82. The SMILES string of the molecule is CC(C)c1ncc(C(=O)Nc2ccc([N+](=O)[O-])c(I)c2)s1. The van der Waals surface area contributed by atoms with E-state index >= 15 is 0 Å². The number of carbonyl (C=O) groups is 1. The average molecular weight is 417 g/mol. The number of hydrogen-bond donors (Lipinski definition) is 1. The van der Waals surface area contributed by atoms with Gasteiger partial charge in [-0.3, -0.25) is 14.9 Å². The topological polar surface area (TPSA) is 85.1 Å². The molecule has 0 spiro atoms. The molecule has 0 aliphatic carbocycles. The highest BCUT2D eigenvalue weighted by Crippen LogP contribution is 2.25. The van der Waals surface area contributed by atoms with Crippen LogP contribution < -0.4 is 5.32 Å². The highest BCUT2D eigenvalue weighted by atomic mass is 127. The zero-order valence-electron chi connectivity index (χ0n) is 11.3. The Morgan fingerprint density at radius 2 is 2.19 bits per heavy atom. The molecule has 6 nitrogen and oxygen atoms in total.